The summed E-state index contributed by atoms with van der Waals surface area (Å²) in [6.07, 6.45) is 1.22. The molecule has 6 heteroatoms. The van der Waals surface area contributed by atoms with Crippen LogP contribution >= 0.6 is 11.6 Å². The topological polar surface area (TPSA) is 75.6 Å². The molecule has 1 aliphatic carbocycles. The van der Waals surface area contributed by atoms with E-state index in [0.29, 0.717) is 23.6 Å². The average molecular weight is 298 g/mol. The molecular weight excluding hydrogens is 282 g/mol. The predicted molar refractivity (Wildman–Crippen MR) is 74.0 cm³/mol. The van der Waals surface area contributed by atoms with Crippen LogP contribution in [0.2, 0.25) is 5.02 Å². The van der Waals surface area contributed by atoms with Crippen LogP contribution < -0.4 is 10.1 Å². The number of hydrogen-bond acceptors (Lipinski definition) is 3. The monoisotopic (exact) mass is 297 g/mol. The Kier molecular flexibility index (Phi) is 4.18. The first kappa shape index (κ1) is 14.7. The van der Waals surface area contributed by atoms with Crippen molar-refractivity contribution in [2.75, 3.05) is 13.2 Å². The van der Waals surface area contributed by atoms with Crippen LogP contribution in [0.15, 0.2) is 18.2 Å². The van der Waals surface area contributed by atoms with Crippen molar-refractivity contribution in [1.82, 2.24) is 5.32 Å². The summed E-state index contributed by atoms with van der Waals surface area (Å²) in [4.78, 5) is 22.6. The van der Waals surface area contributed by atoms with Crippen molar-refractivity contribution in [2.45, 2.75) is 19.8 Å². The minimum absolute atomic E-state index is 0.141. The number of hydrogen-bond donors (Lipinski definition) is 2. The van der Waals surface area contributed by atoms with E-state index >= 15 is 0 Å². The summed E-state index contributed by atoms with van der Waals surface area (Å²) in [5.74, 6) is -0.594. The van der Waals surface area contributed by atoms with Crippen LogP contribution in [-0.4, -0.2) is 30.1 Å². The molecule has 0 saturated heterocycles. The molecule has 2 rings (SSSR count). The number of ether oxygens (including phenoxy) is 1. The summed E-state index contributed by atoms with van der Waals surface area (Å²) in [5, 5.41) is 12.2. The number of carboxylic acid groups (broad SMARTS) is 1. The zero-order valence-corrected chi connectivity index (χ0v) is 11.9. The predicted octanol–water partition coefficient (Wildman–Crippen LogP) is 2.01. The summed E-state index contributed by atoms with van der Waals surface area (Å²) in [7, 11) is 0. The second-order valence-corrected chi connectivity index (χ2v) is 5.50. The van der Waals surface area contributed by atoms with Gasteiger partial charge in [0, 0.05) is 11.6 Å². The molecular formula is C14H16ClNO4. The molecule has 2 N–H and O–H groups in total. The van der Waals surface area contributed by atoms with Crippen molar-refractivity contribution in [3.63, 3.8) is 0 Å². The molecule has 0 heterocycles. The van der Waals surface area contributed by atoms with Gasteiger partial charge in [0.25, 0.3) is 5.91 Å². The van der Waals surface area contributed by atoms with Gasteiger partial charge in [-0.3, -0.25) is 9.59 Å². The fourth-order valence-electron chi connectivity index (χ4n) is 1.85. The highest BCUT2D eigenvalue weighted by Gasteiger charge is 2.50. The highest BCUT2D eigenvalue weighted by atomic mass is 35.5. The Morgan fingerprint density at radius 3 is 2.70 bits per heavy atom. The van der Waals surface area contributed by atoms with E-state index in [9.17, 15) is 9.59 Å². The molecule has 1 amide bonds. The summed E-state index contributed by atoms with van der Waals surface area (Å²) in [6, 6.07) is 5.13. The highest BCUT2D eigenvalue weighted by Crippen LogP contribution is 2.45. The van der Waals surface area contributed by atoms with Crippen molar-refractivity contribution in [1.29, 1.82) is 0 Å². The van der Waals surface area contributed by atoms with Gasteiger partial charge in [0.15, 0.2) is 6.61 Å². The van der Waals surface area contributed by atoms with E-state index in [-0.39, 0.29) is 19.1 Å². The molecule has 108 valence electrons. The fraction of sp³-hybridized carbons (Fsp3) is 0.429. The van der Waals surface area contributed by atoms with Crippen molar-refractivity contribution in [3.05, 3.63) is 28.8 Å². The van der Waals surface area contributed by atoms with Gasteiger partial charge in [0.05, 0.1) is 5.41 Å². The van der Waals surface area contributed by atoms with Crippen molar-refractivity contribution < 1.29 is 19.4 Å². The Morgan fingerprint density at radius 2 is 2.15 bits per heavy atom. The Bertz CT molecular complexity index is 540. The lowest BCUT2D eigenvalue weighted by Gasteiger charge is -2.12. The van der Waals surface area contributed by atoms with Gasteiger partial charge in [0.2, 0.25) is 0 Å². The summed E-state index contributed by atoms with van der Waals surface area (Å²) < 4.78 is 5.38. The first-order valence-electron chi connectivity index (χ1n) is 6.32. The lowest BCUT2D eigenvalue weighted by molar-refractivity contribution is -0.143. The molecule has 1 aliphatic rings. The van der Waals surface area contributed by atoms with Crippen LogP contribution in [0.5, 0.6) is 5.75 Å². The quantitative estimate of drug-likeness (QED) is 0.842. The number of benzene rings is 1. The van der Waals surface area contributed by atoms with E-state index < -0.39 is 11.4 Å². The van der Waals surface area contributed by atoms with Crippen molar-refractivity contribution in [2.24, 2.45) is 5.41 Å². The van der Waals surface area contributed by atoms with E-state index in [0.717, 1.165) is 5.56 Å². The number of nitrogens with one attached hydrogen (secondary N) is 1. The van der Waals surface area contributed by atoms with Crippen LogP contribution in [0.1, 0.15) is 18.4 Å². The molecule has 0 unspecified atom stereocenters. The smallest absolute Gasteiger partial charge is 0.311 e. The molecule has 0 aliphatic heterocycles. The zero-order valence-electron chi connectivity index (χ0n) is 11.1. The van der Waals surface area contributed by atoms with Crippen molar-refractivity contribution >= 4 is 23.5 Å². The van der Waals surface area contributed by atoms with Crippen LogP contribution in [0.3, 0.4) is 0 Å². The third-order valence-electron chi connectivity index (χ3n) is 3.43. The zero-order chi connectivity index (χ0) is 14.8. The Labute approximate surface area is 121 Å². The van der Waals surface area contributed by atoms with Gasteiger partial charge in [-0.1, -0.05) is 11.6 Å². The number of rotatable bonds is 6. The van der Waals surface area contributed by atoms with Crippen molar-refractivity contribution in [3.8, 4) is 5.75 Å². The summed E-state index contributed by atoms with van der Waals surface area (Å²) in [5.41, 5.74) is 0.0840. The average Bonchev–Trinajstić information content (AvgIpc) is 3.16. The minimum Gasteiger partial charge on any atom is -0.484 e. The number of aryl methyl sites for hydroxylation is 1. The molecule has 1 fully saturated rings. The molecule has 1 saturated carbocycles. The number of amides is 1. The van der Waals surface area contributed by atoms with Gasteiger partial charge < -0.3 is 15.2 Å². The van der Waals surface area contributed by atoms with E-state index in [1.54, 1.807) is 18.2 Å². The Balaban J connectivity index is 1.79. The fourth-order valence-corrected chi connectivity index (χ4v) is 2.08. The molecule has 5 nitrogen and oxygen atoms in total. The maximum Gasteiger partial charge on any atom is 0.311 e. The van der Waals surface area contributed by atoms with Crippen LogP contribution in [-0.2, 0) is 9.59 Å². The SMILES string of the molecule is Cc1cc(Cl)ccc1OCC(=O)NCC1(C(=O)O)CC1. The first-order chi connectivity index (χ1) is 9.43. The number of carboxylic acids is 1. The Hall–Kier alpha value is -1.75. The Morgan fingerprint density at radius 1 is 1.45 bits per heavy atom. The van der Waals surface area contributed by atoms with Gasteiger partial charge in [-0.2, -0.15) is 0 Å². The van der Waals surface area contributed by atoms with E-state index in [1.807, 2.05) is 6.92 Å². The van der Waals surface area contributed by atoms with Gasteiger partial charge in [-0.05, 0) is 43.5 Å². The standard InChI is InChI=1S/C14H16ClNO4/c1-9-6-10(15)2-3-11(9)20-7-12(17)16-8-14(4-5-14)13(18)19/h2-3,6H,4-5,7-8H2,1H3,(H,16,17)(H,18,19). The van der Waals surface area contributed by atoms with Gasteiger partial charge >= 0.3 is 5.97 Å². The summed E-state index contributed by atoms with van der Waals surface area (Å²) in [6.45, 7) is 1.85. The van der Waals surface area contributed by atoms with E-state index in [1.165, 1.54) is 0 Å². The molecule has 1 aromatic carbocycles. The molecule has 0 atom stereocenters. The van der Waals surface area contributed by atoms with Crippen LogP contribution in [0.4, 0.5) is 0 Å². The molecule has 0 bridgehead atoms. The van der Waals surface area contributed by atoms with Gasteiger partial charge in [-0.15, -0.1) is 0 Å². The lowest BCUT2D eigenvalue weighted by Crippen LogP contribution is -2.36. The molecule has 0 aromatic heterocycles. The summed E-state index contributed by atoms with van der Waals surface area (Å²) >= 11 is 5.83. The van der Waals surface area contributed by atoms with E-state index in [4.69, 9.17) is 21.4 Å². The third-order valence-corrected chi connectivity index (χ3v) is 3.66. The van der Waals surface area contributed by atoms with Crippen LogP contribution in [0, 0.1) is 12.3 Å². The lowest BCUT2D eigenvalue weighted by atomic mass is 10.1. The van der Waals surface area contributed by atoms with E-state index in [2.05, 4.69) is 5.32 Å². The molecule has 20 heavy (non-hydrogen) atoms. The molecule has 1 aromatic rings. The first-order valence-corrected chi connectivity index (χ1v) is 6.70. The second-order valence-electron chi connectivity index (χ2n) is 5.06. The molecule has 0 radical (unpaired) electrons. The highest BCUT2D eigenvalue weighted by molar-refractivity contribution is 6.30. The maximum atomic E-state index is 11.6. The minimum atomic E-state index is -0.854. The number of carbonyl (C=O) groups excluding carboxylic acids is 1. The maximum absolute atomic E-state index is 11.6. The van der Waals surface area contributed by atoms with Crippen LogP contribution in [0.25, 0.3) is 0 Å². The largest absolute Gasteiger partial charge is 0.484 e. The number of carbonyl (C=O) groups is 2. The third kappa shape index (κ3) is 3.42. The van der Waals surface area contributed by atoms with Gasteiger partial charge in [0.1, 0.15) is 5.75 Å². The number of aliphatic carboxylic acids is 1. The number of halogens is 1. The molecule has 0 spiro atoms. The normalized spacial score (nSPS) is 15.5. The van der Waals surface area contributed by atoms with Gasteiger partial charge in [-0.25, -0.2) is 0 Å². The second kappa shape index (κ2) is 5.71.